The average Bonchev–Trinajstić information content (AvgIpc) is 2.73. The zero-order chi connectivity index (χ0) is 19.8. The van der Waals surface area contributed by atoms with Crippen LogP contribution in [-0.2, 0) is 17.9 Å². The fourth-order valence-corrected chi connectivity index (χ4v) is 3.64. The molecule has 4 heteroatoms. The molecule has 1 N–H and O–H groups in total. The molecule has 1 atom stereocenters. The number of likely N-dealkylation sites (tertiary alicyclic amines) is 1. The summed E-state index contributed by atoms with van der Waals surface area (Å²) in [5.41, 5.74) is 3.67. The summed E-state index contributed by atoms with van der Waals surface area (Å²) in [6, 6.07) is 16.2. The lowest BCUT2D eigenvalue weighted by molar-refractivity contribution is -0.128. The van der Waals surface area contributed by atoms with E-state index in [1.54, 1.807) is 0 Å². The van der Waals surface area contributed by atoms with E-state index in [1.165, 1.54) is 49.0 Å². The van der Waals surface area contributed by atoms with Crippen LogP contribution in [0.15, 0.2) is 48.5 Å². The molecule has 0 aromatic heterocycles. The molecule has 0 spiro atoms. The standard InChI is InChI=1S/C24H32N2O2/c1-3-23(28-22-13-11-19(2)12-14-22)24(27)25-17-20-9-5-6-10-21(20)18-26-15-7-4-8-16-26/h5-6,9-14,23H,3-4,7-8,15-18H2,1-2H3,(H,25,27)/t23-/m1/s1. The van der Waals surface area contributed by atoms with Gasteiger partial charge in [0, 0.05) is 13.1 Å². The molecule has 28 heavy (non-hydrogen) atoms. The van der Waals surface area contributed by atoms with E-state index >= 15 is 0 Å². The van der Waals surface area contributed by atoms with Crippen molar-refractivity contribution in [1.29, 1.82) is 0 Å². The van der Waals surface area contributed by atoms with Crippen molar-refractivity contribution in [1.82, 2.24) is 10.2 Å². The number of benzene rings is 2. The van der Waals surface area contributed by atoms with Gasteiger partial charge in [0.2, 0.25) is 0 Å². The van der Waals surface area contributed by atoms with E-state index in [9.17, 15) is 4.79 Å². The van der Waals surface area contributed by atoms with Crippen LogP contribution in [0.5, 0.6) is 5.75 Å². The van der Waals surface area contributed by atoms with Gasteiger partial charge in [0.25, 0.3) is 5.91 Å². The van der Waals surface area contributed by atoms with Gasteiger partial charge in [-0.1, -0.05) is 55.3 Å². The molecule has 1 aliphatic rings. The summed E-state index contributed by atoms with van der Waals surface area (Å²) in [4.78, 5) is 15.2. The third-order valence-electron chi connectivity index (χ3n) is 5.38. The number of carbonyl (C=O) groups is 1. The number of nitrogens with zero attached hydrogens (tertiary/aromatic N) is 1. The van der Waals surface area contributed by atoms with E-state index in [0.29, 0.717) is 13.0 Å². The van der Waals surface area contributed by atoms with E-state index in [-0.39, 0.29) is 5.91 Å². The van der Waals surface area contributed by atoms with E-state index in [4.69, 9.17) is 4.74 Å². The summed E-state index contributed by atoms with van der Waals surface area (Å²) in [5.74, 6) is 0.675. The summed E-state index contributed by atoms with van der Waals surface area (Å²) in [6.45, 7) is 7.85. The maximum Gasteiger partial charge on any atom is 0.261 e. The minimum absolute atomic E-state index is 0.0594. The third-order valence-corrected chi connectivity index (χ3v) is 5.38. The predicted molar refractivity (Wildman–Crippen MR) is 113 cm³/mol. The van der Waals surface area contributed by atoms with Crippen molar-refractivity contribution in [2.24, 2.45) is 0 Å². The number of amides is 1. The zero-order valence-electron chi connectivity index (χ0n) is 17.1. The number of nitrogens with one attached hydrogen (secondary N) is 1. The second kappa shape index (κ2) is 10.3. The quantitative estimate of drug-likeness (QED) is 0.735. The molecule has 1 heterocycles. The van der Waals surface area contributed by atoms with Gasteiger partial charge in [0.05, 0.1) is 0 Å². The molecule has 1 aliphatic heterocycles. The Morgan fingerprint density at radius 2 is 1.71 bits per heavy atom. The molecule has 3 rings (SSSR count). The molecule has 0 radical (unpaired) electrons. The van der Waals surface area contributed by atoms with Gasteiger partial charge in [0.15, 0.2) is 6.10 Å². The number of piperidine rings is 1. The summed E-state index contributed by atoms with van der Waals surface area (Å²) >= 11 is 0. The van der Waals surface area contributed by atoms with Crippen LogP contribution in [0.25, 0.3) is 0 Å². The Hall–Kier alpha value is -2.33. The third kappa shape index (κ3) is 5.83. The summed E-state index contributed by atoms with van der Waals surface area (Å²) in [6.07, 6.45) is 4.07. The Morgan fingerprint density at radius 3 is 2.39 bits per heavy atom. The molecule has 150 valence electrons. The summed E-state index contributed by atoms with van der Waals surface area (Å²) in [7, 11) is 0. The topological polar surface area (TPSA) is 41.6 Å². The molecule has 1 fully saturated rings. The highest BCUT2D eigenvalue weighted by Gasteiger charge is 2.19. The molecular formula is C24H32N2O2. The van der Waals surface area contributed by atoms with Crippen LogP contribution in [0.4, 0.5) is 0 Å². The second-order valence-electron chi connectivity index (χ2n) is 7.65. The Kier molecular flexibility index (Phi) is 7.49. The smallest absolute Gasteiger partial charge is 0.261 e. The molecule has 2 aromatic rings. The van der Waals surface area contributed by atoms with Gasteiger partial charge < -0.3 is 10.1 Å². The molecular weight excluding hydrogens is 348 g/mol. The van der Waals surface area contributed by atoms with Crippen molar-refractivity contribution in [2.45, 2.75) is 58.7 Å². The summed E-state index contributed by atoms with van der Waals surface area (Å²) in [5, 5.41) is 3.08. The van der Waals surface area contributed by atoms with Crippen LogP contribution in [0.1, 0.15) is 49.3 Å². The van der Waals surface area contributed by atoms with E-state index < -0.39 is 6.10 Å². The Balaban J connectivity index is 1.57. The highest BCUT2D eigenvalue weighted by atomic mass is 16.5. The van der Waals surface area contributed by atoms with Crippen LogP contribution in [-0.4, -0.2) is 30.0 Å². The van der Waals surface area contributed by atoms with Gasteiger partial charge in [0.1, 0.15) is 5.75 Å². The normalized spacial score (nSPS) is 15.8. The average molecular weight is 381 g/mol. The largest absolute Gasteiger partial charge is 0.481 e. The number of hydrogen-bond acceptors (Lipinski definition) is 3. The van der Waals surface area contributed by atoms with Gasteiger partial charge >= 0.3 is 0 Å². The van der Waals surface area contributed by atoms with Crippen molar-refractivity contribution in [3.05, 3.63) is 65.2 Å². The van der Waals surface area contributed by atoms with Gasteiger partial charge in [-0.3, -0.25) is 9.69 Å². The monoisotopic (exact) mass is 380 g/mol. The first-order valence-electron chi connectivity index (χ1n) is 10.5. The van der Waals surface area contributed by atoms with Gasteiger partial charge in [-0.25, -0.2) is 0 Å². The molecule has 0 saturated carbocycles. The van der Waals surface area contributed by atoms with Crippen LogP contribution < -0.4 is 10.1 Å². The summed E-state index contributed by atoms with van der Waals surface area (Å²) < 4.78 is 5.90. The highest BCUT2D eigenvalue weighted by Crippen LogP contribution is 2.17. The molecule has 0 bridgehead atoms. The van der Waals surface area contributed by atoms with Gasteiger partial charge in [-0.15, -0.1) is 0 Å². The molecule has 0 unspecified atom stereocenters. The lowest BCUT2D eigenvalue weighted by Crippen LogP contribution is -2.38. The van der Waals surface area contributed by atoms with Crippen molar-refractivity contribution >= 4 is 5.91 Å². The first kappa shape index (κ1) is 20.4. The lowest BCUT2D eigenvalue weighted by atomic mass is 10.0. The molecule has 0 aliphatic carbocycles. The zero-order valence-corrected chi connectivity index (χ0v) is 17.1. The molecule has 4 nitrogen and oxygen atoms in total. The van der Waals surface area contributed by atoms with Gasteiger partial charge in [-0.05, 0) is 62.5 Å². The number of ether oxygens (including phenoxy) is 1. The van der Waals surface area contributed by atoms with Crippen LogP contribution in [0.3, 0.4) is 0 Å². The highest BCUT2D eigenvalue weighted by molar-refractivity contribution is 5.81. The number of hydrogen-bond donors (Lipinski definition) is 1. The minimum Gasteiger partial charge on any atom is -0.481 e. The molecule has 1 saturated heterocycles. The van der Waals surface area contributed by atoms with Crippen molar-refractivity contribution in [3.63, 3.8) is 0 Å². The number of carbonyl (C=O) groups excluding carboxylic acids is 1. The maximum atomic E-state index is 12.7. The number of aryl methyl sites for hydroxylation is 1. The van der Waals surface area contributed by atoms with Crippen LogP contribution in [0.2, 0.25) is 0 Å². The molecule has 2 aromatic carbocycles. The first-order valence-corrected chi connectivity index (χ1v) is 10.5. The Labute approximate surface area is 168 Å². The SMILES string of the molecule is CC[C@@H](Oc1ccc(C)cc1)C(=O)NCc1ccccc1CN1CCCCC1. The molecule has 1 amide bonds. The van der Waals surface area contributed by atoms with Crippen molar-refractivity contribution in [2.75, 3.05) is 13.1 Å². The van der Waals surface area contributed by atoms with E-state index in [2.05, 4.69) is 28.4 Å². The first-order chi connectivity index (χ1) is 13.7. The van der Waals surface area contributed by atoms with Crippen molar-refractivity contribution < 1.29 is 9.53 Å². The van der Waals surface area contributed by atoms with Crippen LogP contribution >= 0.6 is 0 Å². The Morgan fingerprint density at radius 1 is 1.04 bits per heavy atom. The van der Waals surface area contributed by atoms with Gasteiger partial charge in [-0.2, -0.15) is 0 Å². The van der Waals surface area contributed by atoms with E-state index in [1.807, 2.05) is 44.2 Å². The fourth-order valence-electron chi connectivity index (χ4n) is 3.64. The maximum absolute atomic E-state index is 12.7. The lowest BCUT2D eigenvalue weighted by Gasteiger charge is -2.27. The van der Waals surface area contributed by atoms with Crippen molar-refractivity contribution in [3.8, 4) is 5.75 Å². The van der Waals surface area contributed by atoms with Crippen LogP contribution in [0, 0.1) is 6.92 Å². The Bertz CT molecular complexity index is 751. The predicted octanol–water partition coefficient (Wildman–Crippen LogP) is 4.45. The van der Waals surface area contributed by atoms with E-state index in [0.717, 1.165) is 12.3 Å². The number of rotatable bonds is 8. The minimum atomic E-state index is -0.475. The fraction of sp³-hybridized carbons (Fsp3) is 0.458. The second-order valence-corrected chi connectivity index (χ2v) is 7.65.